The molecular formula is C19H20N4O3S. The van der Waals surface area contributed by atoms with Crippen LogP contribution in [-0.2, 0) is 0 Å². The zero-order valence-corrected chi connectivity index (χ0v) is 15.5. The summed E-state index contributed by atoms with van der Waals surface area (Å²) in [5, 5.41) is 13.1. The number of aliphatic imine (C=N–C) groups is 1. The number of anilines is 2. The van der Waals surface area contributed by atoms with E-state index < -0.39 is 6.10 Å². The topological polar surface area (TPSA) is 113 Å². The molecule has 2 aromatic carbocycles. The molecule has 3 rings (SSSR count). The van der Waals surface area contributed by atoms with Gasteiger partial charge in [-0.05, 0) is 54.9 Å². The molecule has 0 amide bonds. The lowest BCUT2D eigenvalue weighted by Gasteiger charge is -2.09. The molecule has 0 unspecified atom stereocenters. The molecule has 0 aliphatic rings. The quantitative estimate of drug-likeness (QED) is 0.369. The molecule has 1 heterocycles. The monoisotopic (exact) mass is 384 g/mol. The highest BCUT2D eigenvalue weighted by Gasteiger charge is 2.15. The third kappa shape index (κ3) is 4.96. The lowest BCUT2D eigenvalue weighted by Crippen LogP contribution is -2.23. The van der Waals surface area contributed by atoms with Crippen LogP contribution in [0.15, 0.2) is 64.4 Å². The van der Waals surface area contributed by atoms with Gasteiger partial charge in [0.15, 0.2) is 0 Å². The number of benzene rings is 2. The molecule has 0 aliphatic carbocycles. The predicted octanol–water partition coefficient (Wildman–Crippen LogP) is 3.06. The molecule has 140 valence electrons. The lowest BCUT2D eigenvalue weighted by atomic mass is 10.2. The second-order valence-corrected chi connectivity index (χ2v) is 6.69. The van der Waals surface area contributed by atoms with Gasteiger partial charge in [-0.1, -0.05) is 18.2 Å². The van der Waals surface area contributed by atoms with E-state index in [1.54, 1.807) is 6.92 Å². The van der Waals surface area contributed by atoms with E-state index in [1.807, 2.05) is 54.6 Å². The van der Waals surface area contributed by atoms with Crippen molar-refractivity contribution in [1.82, 2.24) is 4.37 Å². The second kappa shape index (κ2) is 8.52. The number of nitrogens with one attached hydrogen (secondary N) is 2. The van der Waals surface area contributed by atoms with Gasteiger partial charge in [0.05, 0.1) is 12.6 Å². The van der Waals surface area contributed by atoms with Crippen molar-refractivity contribution in [3.8, 4) is 11.5 Å². The van der Waals surface area contributed by atoms with E-state index in [0.717, 1.165) is 23.0 Å². The first-order valence-electron chi connectivity index (χ1n) is 8.32. The zero-order valence-electron chi connectivity index (χ0n) is 14.7. The van der Waals surface area contributed by atoms with Gasteiger partial charge >= 0.3 is 0 Å². The van der Waals surface area contributed by atoms with E-state index in [0.29, 0.717) is 10.8 Å². The molecule has 1 aromatic heterocycles. The van der Waals surface area contributed by atoms with Gasteiger partial charge in [0.25, 0.3) is 5.56 Å². The molecule has 0 saturated heterocycles. The largest absolute Gasteiger partial charge is 0.457 e. The van der Waals surface area contributed by atoms with Gasteiger partial charge in [0.2, 0.25) is 0 Å². The predicted molar refractivity (Wildman–Crippen MR) is 108 cm³/mol. The van der Waals surface area contributed by atoms with Crippen LogP contribution < -0.4 is 21.3 Å². The summed E-state index contributed by atoms with van der Waals surface area (Å²) in [6.45, 7) is 1.74. The summed E-state index contributed by atoms with van der Waals surface area (Å²) in [5.41, 5.74) is 6.64. The second-order valence-electron chi connectivity index (χ2n) is 5.88. The van der Waals surface area contributed by atoms with Crippen LogP contribution in [0.3, 0.4) is 0 Å². The highest BCUT2D eigenvalue weighted by Crippen LogP contribution is 2.26. The summed E-state index contributed by atoms with van der Waals surface area (Å²) < 4.78 is 8.41. The fourth-order valence-corrected chi connectivity index (χ4v) is 3.06. The minimum atomic E-state index is -0.630. The summed E-state index contributed by atoms with van der Waals surface area (Å²) in [4.78, 5) is 16.1. The van der Waals surface area contributed by atoms with Crippen LogP contribution in [0.2, 0.25) is 0 Å². The lowest BCUT2D eigenvalue weighted by molar-refractivity contribution is 0.204. The number of hydrogen-bond acceptors (Lipinski definition) is 6. The first kappa shape index (κ1) is 18.7. The molecule has 1 atom stereocenters. The van der Waals surface area contributed by atoms with E-state index in [2.05, 4.69) is 14.7 Å². The molecule has 0 spiro atoms. The fourth-order valence-electron chi connectivity index (χ4n) is 2.29. The minimum Gasteiger partial charge on any atom is -0.457 e. The number of aromatic amines is 1. The number of aliphatic hydroxyl groups is 1. The van der Waals surface area contributed by atoms with E-state index in [-0.39, 0.29) is 23.5 Å². The number of H-pyrrole nitrogens is 1. The van der Waals surface area contributed by atoms with E-state index >= 15 is 0 Å². The van der Waals surface area contributed by atoms with Gasteiger partial charge in [-0.2, -0.15) is 0 Å². The summed E-state index contributed by atoms with van der Waals surface area (Å²) in [5.74, 6) is 1.55. The number of nitrogens with two attached hydrogens (primary N) is 1. The Kier molecular flexibility index (Phi) is 5.90. The van der Waals surface area contributed by atoms with Crippen LogP contribution in [0, 0.1) is 0 Å². The van der Waals surface area contributed by atoms with Gasteiger partial charge in [-0.15, -0.1) is 0 Å². The third-order valence-corrected chi connectivity index (χ3v) is 4.37. The first-order valence-corrected chi connectivity index (χ1v) is 9.14. The van der Waals surface area contributed by atoms with Gasteiger partial charge in [0, 0.05) is 5.69 Å². The molecule has 0 bridgehead atoms. The van der Waals surface area contributed by atoms with Gasteiger partial charge < -0.3 is 20.9 Å². The number of aliphatic hydroxyl groups excluding tert-OH is 1. The Morgan fingerprint density at radius 1 is 1.22 bits per heavy atom. The molecule has 0 fully saturated rings. The van der Waals surface area contributed by atoms with Crippen molar-refractivity contribution in [3.63, 3.8) is 0 Å². The Bertz CT molecular complexity index is 963. The van der Waals surface area contributed by atoms with Crippen LogP contribution in [0.4, 0.5) is 10.7 Å². The molecule has 3 aromatic rings. The molecule has 8 heteroatoms. The maximum absolute atomic E-state index is 12.0. The average Bonchev–Trinajstić information content (AvgIpc) is 3.02. The number of ether oxygens (including phenoxy) is 1. The summed E-state index contributed by atoms with van der Waals surface area (Å²) in [7, 11) is 0. The SMILES string of the molecule is C[C@@H](O)CN=C(N)c1c(Nc2ccc(Oc3ccccc3)cc2)s[nH]c1=O. The maximum Gasteiger partial charge on any atom is 0.271 e. The van der Waals surface area contributed by atoms with Crippen LogP contribution >= 0.6 is 11.5 Å². The summed E-state index contributed by atoms with van der Waals surface area (Å²) >= 11 is 1.14. The Morgan fingerprint density at radius 3 is 2.56 bits per heavy atom. The molecule has 0 saturated carbocycles. The molecule has 0 aliphatic heterocycles. The van der Waals surface area contributed by atoms with Crippen LogP contribution in [0.1, 0.15) is 12.5 Å². The van der Waals surface area contributed by atoms with Crippen molar-refractivity contribution in [2.24, 2.45) is 10.7 Å². The van der Waals surface area contributed by atoms with Gasteiger partial charge in [-0.3, -0.25) is 14.2 Å². The molecule has 27 heavy (non-hydrogen) atoms. The Hall–Kier alpha value is -3.10. The Labute approximate surface area is 160 Å². The number of aromatic nitrogens is 1. The number of para-hydroxylation sites is 1. The molecular weight excluding hydrogens is 364 g/mol. The van der Waals surface area contributed by atoms with Crippen molar-refractivity contribution in [2.75, 3.05) is 11.9 Å². The summed E-state index contributed by atoms with van der Waals surface area (Å²) in [6, 6.07) is 16.8. The highest BCUT2D eigenvalue weighted by molar-refractivity contribution is 7.10. The zero-order chi connectivity index (χ0) is 19.2. The van der Waals surface area contributed by atoms with Crippen molar-refractivity contribution in [3.05, 3.63) is 70.5 Å². The van der Waals surface area contributed by atoms with Crippen molar-refractivity contribution >= 4 is 28.1 Å². The standard InChI is InChI=1S/C19H20N4O3S/c1-12(24)11-21-17(20)16-18(25)23-27-19(16)22-13-7-9-15(10-8-13)26-14-5-3-2-4-6-14/h2-10,12,22,24H,11H2,1H3,(H2,20,21)(H,23,25)/t12-/m1/s1. The smallest absolute Gasteiger partial charge is 0.271 e. The number of nitrogens with zero attached hydrogens (tertiary/aromatic N) is 1. The van der Waals surface area contributed by atoms with Gasteiger partial charge in [0.1, 0.15) is 27.9 Å². The fraction of sp³-hybridized carbons (Fsp3) is 0.158. The van der Waals surface area contributed by atoms with Crippen molar-refractivity contribution < 1.29 is 9.84 Å². The number of rotatable bonds is 7. The minimum absolute atomic E-state index is 0.0879. The number of amidine groups is 1. The van der Waals surface area contributed by atoms with E-state index in [1.165, 1.54) is 0 Å². The van der Waals surface area contributed by atoms with E-state index in [4.69, 9.17) is 10.5 Å². The molecule has 5 N–H and O–H groups in total. The Balaban J connectivity index is 1.74. The van der Waals surface area contributed by atoms with Gasteiger partial charge in [-0.25, -0.2) is 0 Å². The molecule has 7 nitrogen and oxygen atoms in total. The maximum atomic E-state index is 12.0. The Morgan fingerprint density at radius 2 is 1.89 bits per heavy atom. The van der Waals surface area contributed by atoms with Crippen LogP contribution in [0.25, 0.3) is 0 Å². The highest BCUT2D eigenvalue weighted by atomic mass is 32.1. The summed E-state index contributed by atoms with van der Waals surface area (Å²) in [6.07, 6.45) is -0.630. The average molecular weight is 384 g/mol. The molecule has 0 radical (unpaired) electrons. The first-order chi connectivity index (χ1) is 13.0. The van der Waals surface area contributed by atoms with E-state index in [9.17, 15) is 9.90 Å². The normalized spacial score (nSPS) is 12.6. The number of hydrogen-bond donors (Lipinski definition) is 4. The third-order valence-electron chi connectivity index (χ3n) is 3.57. The van der Waals surface area contributed by atoms with Crippen LogP contribution in [-0.4, -0.2) is 28.0 Å². The van der Waals surface area contributed by atoms with Crippen molar-refractivity contribution in [2.45, 2.75) is 13.0 Å². The van der Waals surface area contributed by atoms with Crippen molar-refractivity contribution in [1.29, 1.82) is 0 Å². The van der Waals surface area contributed by atoms with Crippen LogP contribution in [0.5, 0.6) is 11.5 Å².